The first-order valence-corrected chi connectivity index (χ1v) is 6.66. The second-order valence-electron chi connectivity index (χ2n) is 4.65. The standard InChI is InChI=1S/C16H16N2O4.K.Na.2H/c19-15(20)13(17-11-7-3-1-4-8-11)14(16(21)22)18-12-9-5-2-6-10-12;;;;/h1-10,13-14,17-18H,(H,19,20)(H,21,22);;;;. The van der Waals surface area contributed by atoms with E-state index >= 15 is 0 Å². The Bertz CT molecular complexity index is 586. The van der Waals surface area contributed by atoms with Gasteiger partial charge in [-0.05, 0) is 24.3 Å². The molecule has 4 N–H and O–H groups in total. The van der Waals surface area contributed by atoms with Crippen LogP contribution in [0.25, 0.3) is 0 Å². The molecule has 0 aromatic heterocycles. The molecule has 24 heavy (non-hydrogen) atoms. The second kappa shape index (κ2) is 12.0. The molecule has 2 rings (SSSR count). The Morgan fingerprint density at radius 3 is 1.25 bits per heavy atom. The van der Waals surface area contributed by atoms with Gasteiger partial charge in [0.05, 0.1) is 0 Å². The summed E-state index contributed by atoms with van der Waals surface area (Å²) in [7, 11) is 0. The van der Waals surface area contributed by atoms with Gasteiger partial charge in [0.1, 0.15) is 0 Å². The van der Waals surface area contributed by atoms with Gasteiger partial charge >= 0.3 is 92.9 Å². The Balaban J connectivity index is 0.00000264. The fourth-order valence-corrected chi connectivity index (χ4v) is 2.00. The van der Waals surface area contributed by atoms with E-state index in [4.69, 9.17) is 0 Å². The zero-order chi connectivity index (χ0) is 15.9. The van der Waals surface area contributed by atoms with Crippen molar-refractivity contribution in [1.29, 1.82) is 0 Å². The van der Waals surface area contributed by atoms with Gasteiger partial charge in [-0.3, -0.25) is 0 Å². The number of anilines is 2. The second-order valence-corrected chi connectivity index (χ2v) is 4.65. The summed E-state index contributed by atoms with van der Waals surface area (Å²) < 4.78 is 0. The number of carboxylic acids is 2. The SMILES string of the molecule is O=C(O)C(Nc1ccccc1)C(Nc1ccccc1)C(=O)O.[KH].[NaH]. The van der Waals surface area contributed by atoms with E-state index in [1.165, 1.54) is 0 Å². The van der Waals surface area contributed by atoms with Crippen molar-refractivity contribution in [1.82, 2.24) is 0 Å². The summed E-state index contributed by atoms with van der Waals surface area (Å²) >= 11 is 0. The molecular weight excluding hydrogens is 346 g/mol. The third kappa shape index (κ3) is 7.24. The van der Waals surface area contributed by atoms with Crippen LogP contribution in [0, 0.1) is 0 Å². The van der Waals surface area contributed by atoms with Gasteiger partial charge in [-0.25, -0.2) is 9.59 Å². The summed E-state index contributed by atoms with van der Waals surface area (Å²) in [6.07, 6.45) is 0. The van der Waals surface area contributed by atoms with Crippen molar-refractivity contribution in [2.75, 3.05) is 10.6 Å². The topological polar surface area (TPSA) is 98.7 Å². The molecule has 0 aliphatic carbocycles. The molecular formula is C16H18KN2NaO4. The van der Waals surface area contributed by atoms with E-state index < -0.39 is 24.0 Å². The number of hydrogen-bond donors (Lipinski definition) is 4. The number of hydrogen-bond acceptors (Lipinski definition) is 4. The molecule has 118 valence electrons. The molecule has 0 bridgehead atoms. The molecule has 0 amide bonds. The van der Waals surface area contributed by atoms with Gasteiger partial charge in [0.2, 0.25) is 0 Å². The minimum absolute atomic E-state index is 0. The molecule has 0 radical (unpaired) electrons. The summed E-state index contributed by atoms with van der Waals surface area (Å²) in [4.78, 5) is 22.9. The van der Waals surface area contributed by atoms with Crippen molar-refractivity contribution in [3.8, 4) is 0 Å². The number of benzene rings is 2. The van der Waals surface area contributed by atoms with E-state index in [9.17, 15) is 19.8 Å². The maximum atomic E-state index is 11.5. The molecule has 2 unspecified atom stereocenters. The summed E-state index contributed by atoms with van der Waals surface area (Å²) in [5.74, 6) is -2.50. The molecule has 6 nitrogen and oxygen atoms in total. The van der Waals surface area contributed by atoms with Crippen molar-refractivity contribution in [2.24, 2.45) is 0 Å². The molecule has 0 aliphatic rings. The third-order valence-corrected chi connectivity index (χ3v) is 3.06. The van der Waals surface area contributed by atoms with E-state index in [0.29, 0.717) is 11.4 Å². The maximum absolute atomic E-state index is 11.5. The normalized spacial score (nSPS) is 11.8. The monoisotopic (exact) mass is 364 g/mol. The zero-order valence-corrected chi connectivity index (χ0v) is 11.6. The first-order chi connectivity index (χ1) is 10.6. The minimum atomic E-state index is -1.32. The van der Waals surface area contributed by atoms with E-state index in [1.807, 2.05) is 0 Å². The Labute approximate surface area is 204 Å². The number of aliphatic carboxylic acids is 2. The first-order valence-electron chi connectivity index (χ1n) is 6.66. The van der Waals surface area contributed by atoms with Crippen molar-refractivity contribution in [3.63, 3.8) is 0 Å². The Kier molecular flexibility index (Phi) is 11.9. The van der Waals surface area contributed by atoms with Crippen molar-refractivity contribution >= 4 is 104 Å². The van der Waals surface area contributed by atoms with Crippen molar-refractivity contribution < 1.29 is 19.8 Å². The zero-order valence-electron chi connectivity index (χ0n) is 11.6. The summed E-state index contributed by atoms with van der Waals surface area (Å²) in [5.41, 5.74) is 1.08. The number of nitrogens with one attached hydrogen (secondary N) is 2. The molecule has 0 heterocycles. The average molecular weight is 364 g/mol. The average Bonchev–Trinajstić information content (AvgIpc) is 2.52. The molecule has 0 fully saturated rings. The van der Waals surface area contributed by atoms with Crippen LogP contribution < -0.4 is 10.6 Å². The van der Waals surface area contributed by atoms with Crippen LogP contribution in [0.3, 0.4) is 0 Å². The van der Waals surface area contributed by atoms with Gasteiger partial charge in [-0.15, -0.1) is 0 Å². The molecule has 2 aromatic rings. The molecule has 2 atom stereocenters. The van der Waals surface area contributed by atoms with Crippen LogP contribution in [0.4, 0.5) is 11.4 Å². The Hall–Kier alpha value is -0.384. The predicted octanol–water partition coefficient (Wildman–Crippen LogP) is 0.820. The van der Waals surface area contributed by atoms with Gasteiger partial charge in [-0.1, -0.05) is 36.4 Å². The number of rotatable bonds is 7. The Morgan fingerprint density at radius 2 is 1.00 bits per heavy atom. The quantitative estimate of drug-likeness (QED) is 0.543. The van der Waals surface area contributed by atoms with E-state index in [-0.39, 0.29) is 80.9 Å². The summed E-state index contributed by atoms with van der Waals surface area (Å²) in [6, 6.07) is 14.6. The molecule has 0 spiro atoms. The van der Waals surface area contributed by atoms with Crippen LogP contribution in [-0.2, 0) is 9.59 Å². The van der Waals surface area contributed by atoms with Crippen LogP contribution in [-0.4, -0.2) is 115 Å². The van der Waals surface area contributed by atoms with Gasteiger partial charge < -0.3 is 20.8 Å². The van der Waals surface area contributed by atoms with Crippen molar-refractivity contribution in [2.45, 2.75) is 12.1 Å². The van der Waals surface area contributed by atoms with Crippen LogP contribution in [0.2, 0.25) is 0 Å². The van der Waals surface area contributed by atoms with Gasteiger partial charge in [0.15, 0.2) is 12.1 Å². The fourth-order valence-electron chi connectivity index (χ4n) is 2.00. The molecule has 2 aromatic carbocycles. The number of carbonyl (C=O) groups is 2. The third-order valence-electron chi connectivity index (χ3n) is 3.06. The number of carboxylic acid groups (broad SMARTS) is 2. The molecule has 0 aliphatic heterocycles. The number of para-hydroxylation sites is 2. The van der Waals surface area contributed by atoms with Crippen LogP contribution in [0.5, 0.6) is 0 Å². The van der Waals surface area contributed by atoms with Crippen LogP contribution in [0.15, 0.2) is 60.7 Å². The van der Waals surface area contributed by atoms with Crippen molar-refractivity contribution in [3.05, 3.63) is 60.7 Å². The van der Waals surface area contributed by atoms with E-state index in [0.717, 1.165) is 0 Å². The summed E-state index contributed by atoms with van der Waals surface area (Å²) in [5, 5.41) is 24.2. The molecule has 8 heteroatoms. The fraction of sp³-hybridized carbons (Fsp3) is 0.125. The van der Waals surface area contributed by atoms with E-state index in [2.05, 4.69) is 10.6 Å². The Morgan fingerprint density at radius 1 is 0.708 bits per heavy atom. The first kappa shape index (κ1) is 23.6. The van der Waals surface area contributed by atoms with Gasteiger partial charge in [-0.2, -0.15) is 0 Å². The van der Waals surface area contributed by atoms with E-state index in [1.54, 1.807) is 60.7 Å². The van der Waals surface area contributed by atoms with Crippen LogP contribution >= 0.6 is 0 Å². The molecule has 0 saturated carbocycles. The molecule has 0 saturated heterocycles. The van der Waals surface area contributed by atoms with Gasteiger partial charge in [0.25, 0.3) is 0 Å². The summed E-state index contributed by atoms with van der Waals surface area (Å²) in [6.45, 7) is 0. The van der Waals surface area contributed by atoms with Crippen LogP contribution in [0.1, 0.15) is 0 Å². The predicted molar refractivity (Wildman–Crippen MR) is 97.3 cm³/mol. The van der Waals surface area contributed by atoms with Gasteiger partial charge in [0, 0.05) is 11.4 Å².